The highest BCUT2D eigenvalue weighted by Gasteiger charge is 2.38. The van der Waals surface area contributed by atoms with Crippen LogP contribution in [-0.2, 0) is 9.59 Å². The molecule has 1 N–H and O–H groups in total. The van der Waals surface area contributed by atoms with Crippen LogP contribution in [0.1, 0.15) is 33.6 Å². The second kappa shape index (κ2) is 4.31. The normalized spacial score (nSPS) is 28.7. The standard InChI is InChI=1S/C11H19NO3/c1-11(2,3)12-5-4-8(7-13)6-9(12)10(14)15/h7-9H,4-6H2,1-3H3,(H,14,15). The van der Waals surface area contributed by atoms with Crippen molar-refractivity contribution < 1.29 is 14.7 Å². The molecule has 1 aliphatic rings. The van der Waals surface area contributed by atoms with Crippen LogP contribution < -0.4 is 0 Å². The van der Waals surface area contributed by atoms with Gasteiger partial charge in [0.2, 0.25) is 0 Å². The van der Waals surface area contributed by atoms with Gasteiger partial charge in [0.1, 0.15) is 12.3 Å². The largest absolute Gasteiger partial charge is 0.480 e. The summed E-state index contributed by atoms with van der Waals surface area (Å²) in [6.07, 6.45) is 2.09. The molecule has 2 atom stereocenters. The van der Waals surface area contributed by atoms with Gasteiger partial charge in [0, 0.05) is 18.0 Å². The zero-order valence-corrected chi connectivity index (χ0v) is 9.56. The van der Waals surface area contributed by atoms with E-state index in [1.54, 1.807) is 0 Å². The van der Waals surface area contributed by atoms with Gasteiger partial charge in [-0.25, -0.2) is 0 Å². The highest BCUT2D eigenvalue weighted by Crippen LogP contribution is 2.28. The summed E-state index contributed by atoms with van der Waals surface area (Å²) in [6.45, 7) is 6.70. The smallest absolute Gasteiger partial charge is 0.320 e. The van der Waals surface area contributed by atoms with Gasteiger partial charge in [0.15, 0.2) is 0 Å². The molecular weight excluding hydrogens is 194 g/mol. The Bertz CT molecular complexity index is 257. The molecule has 0 aromatic heterocycles. The monoisotopic (exact) mass is 213 g/mol. The van der Waals surface area contributed by atoms with Crippen LogP contribution in [-0.4, -0.2) is 40.4 Å². The minimum absolute atomic E-state index is 0.0929. The number of likely N-dealkylation sites (tertiary alicyclic amines) is 1. The van der Waals surface area contributed by atoms with Gasteiger partial charge in [-0.15, -0.1) is 0 Å². The first kappa shape index (κ1) is 12.2. The molecule has 1 heterocycles. The molecule has 0 bridgehead atoms. The minimum atomic E-state index is -0.823. The van der Waals surface area contributed by atoms with Gasteiger partial charge in [-0.05, 0) is 33.6 Å². The van der Waals surface area contributed by atoms with Gasteiger partial charge in [-0.2, -0.15) is 0 Å². The van der Waals surface area contributed by atoms with Gasteiger partial charge in [-0.1, -0.05) is 0 Å². The van der Waals surface area contributed by atoms with Crippen LogP contribution in [0, 0.1) is 5.92 Å². The summed E-state index contributed by atoms with van der Waals surface area (Å²) in [6, 6.07) is -0.519. The Balaban J connectivity index is 2.81. The second-order valence-corrected chi connectivity index (χ2v) is 5.14. The molecule has 0 amide bonds. The lowest BCUT2D eigenvalue weighted by atomic mass is 9.88. The van der Waals surface area contributed by atoms with Crippen molar-refractivity contribution in [2.45, 2.75) is 45.2 Å². The van der Waals surface area contributed by atoms with Gasteiger partial charge < -0.3 is 9.90 Å². The predicted octanol–water partition coefficient (Wildman–Crippen LogP) is 1.15. The molecule has 0 aromatic rings. The number of nitrogens with zero attached hydrogens (tertiary/aromatic N) is 1. The number of piperidine rings is 1. The summed E-state index contributed by atoms with van der Waals surface area (Å²) in [5.74, 6) is -0.916. The maximum atomic E-state index is 11.1. The van der Waals surface area contributed by atoms with Crippen LogP contribution in [0.5, 0.6) is 0 Å². The molecule has 1 rings (SSSR count). The van der Waals surface area contributed by atoms with E-state index in [2.05, 4.69) is 0 Å². The maximum Gasteiger partial charge on any atom is 0.320 e. The lowest BCUT2D eigenvalue weighted by Gasteiger charge is -2.44. The Morgan fingerprint density at radius 2 is 2.07 bits per heavy atom. The van der Waals surface area contributed by atoms with Crippen LogP contribution in [0.4, 0.5) is 0 Å². The Morgan fingerprint density at radius 1 is 1.47 bits per heavy atom. The first-order valence-electron chi connectivity index (χ1n) is 5.31. The lowest BCUT2D eigenvalue weighted by Crippen LogP contribution is -2.55. The molecule has 15 heavy (non-hydrogen) atoms. The molecule has 1 saturated heterocycles. The van der Waals surface area contributed by atoms with E-state index in [1.807, 2.05) is 25.7 Å². The van der Waals surface area contributed by atoms with Gasteiger partial charge in [-0.3, -0.25) is 9.69 Å². The summed E-state index contributed by atoms with van der Waals surface area (Å²) in [4.78, 5) is 23.8. The van der Waals surface area contributed by atoms with Crippen molar-refractivity contribution in [2.24, 2.45) is 5.92 Å². The molecule has 0 radical (unpaired) electrons. The molecule has 86 valence electrons. The molecule has 1 aliphatic heterocycles. The summed E-state index contributed by atoms with van der Waals surface area (Å²) >= 11 is 0. The van der Waals surface area contributed by atoms with E-state index in [0.717, 1.165) is 12.7 Å². The molecule has 2 unspecified atom stereocenters. The first-order valence-corrected chi connectivity index (χ1v) is 5.31. The Labute approximate surface area is 90.3 Å². The Morgan fingerprint density at radius 3 is 2.47 bits per heavy atom. The summed E-state index contributed by atoms with van der Waals surface area (Å²) in [5, 5.41) is 9.13. The predicted molar refractivity (Wildman–Crippen MR) is 56.7 cm³/mol. The quantitative estimate of drug-likeness (QED) is 0.699. The topological polar surface area (TPSA) is 57.6 Å². The molecule has 0 saturated carbocycles. The maximum absolute atomic E-state index is 11.1. The van der Waals surface area contributed by atoms with Gasteiger partial charge >= 0.3 is 5.97 Å². The Kier molecular flexibility index (Phi) is 3.50. The molecule has 0 aromatic carbocycles. The van der Waals surface area contributed by atoms with Crippen molar-refractivity contribution in [3.8, 4) is 0 Å². The van der Waals surface area contributed by atoms with Crippen molar-refractivity contribution in [2.75, 3.05) is 6.54 Å². The van der Waals surface area contributed by atoms with E-state index in [9.17, 15) is 9.59 Å². The average Bonchev–Trinajstić information content (AvgIpc) is 2.15. The fourth-order valence-corrected chi connectivity index (χ4v) is 2.15. The van der Waals surface area contributed by atoms with Gasteiger partial charge in [0.25, 0.3) is 0 Å². The first-order chi connectivity index (χ1) is 6.86. The highest BCUT2D eigenvalue weighted by atomic mass is 16.4. The Hall–Kier alpha value is -0.900. The average molecular weight is 213 g/mol. The zero-order valence-electron chi connectivity index (χ0n) is 9.56. The summed E-state index contributed by atoms with van der Waals surface area (Å²) in [5.41, 5.74) is -0.156. The van der Waals surface area contributed by atoms with Crippen LogP contribution in [0.2, 0.25) is 0 Å². The number of carbonyl (C=O) groups is 2. The number of rotatable bonds is 2. The van der Waals surface area contributed by atoms with Crippen LogP contribution in [0.15, 0.2) is 0 Å². The van der Waals surface area contributed by atoms with E-state index in [1.165, 1.54) is 0 Å². The number of carboxylic acids is 1. The minimum Gasteiger partial charge on any atom is -0.480 e. The van der Waals surface area contributed by atoms with Gasteiger partial charge in [0.05, 0.1) is 0 Å². The molecule has 0 spiro atoms. The fraction of sp³-hybridized carbons (Fsp3) is 0.818. The van der Waals surface area contributed by atoms with Crippen molar-refractivity contribution in [3.05, 3.63) is 0 Å². The second-order valence-electron chi connectivity index (χ2n) is 5.14. The number of carboxylic acid groups (broad SMARTS) is 1. The molecule has 4 nitrogen and oxygen atoms in total. The third-order valence-corrected chi connectivity index (χ3v) is 2.98. The summed E-state index contributed by atoms with van der Waals surface area (Å²) < 4.78 is 0. The molecule has 1 fully saturated rings. The number of aliphatic carboxylic acids is 1. The van der Waals surface area contributed by atoms with E-state index < -0.39 is 12.0 Å². The van der Waals surface area contributed by atoms with E-state index in [4.69, 9.17) is 5.11 Å². The third-order valence-electron chi connectivity index (χ3n) is 2.98. The summed E-state index contributed by atoms with van der Waals surface area (Å²) in [7, 11) is 0. The van der Waals surface area contributed by atoms with E-state index >= 15 is 0 Å². The van der Waals surface area contributed by atoms with E-state index in [-0.39, 0.29) is 11.5 Å². The van der Waals surface area contributed by atoms with Crippen molar-refractivity contribution in [3.63, 3.8) is 0 Å². The number of carbonyl (C=O) groups excluding carboxylic acids is 1. The van der Waals surface area contributed by atoms with Crippen LogP contribution in [0.25, 0.3) is 0 Å². The molecule has 4 heteroatoms. The van der Waals surface area contributed by atoms with Crippen LogP contribution in [0.3, 0.4) is 0 Å². The van der Waals surface area contributed by atoms with Crippen LogP contribution >= 0.6 is 0 Å². The van der Waals surface area contributed by atoms with Crippen molar-refractivity contribution in [1.82, 2.24) is 4.90 Å². The highest BCUT2D eigenvalue weighted by molar-refractivity contribution is 5.74. The van der Waals surface area contributed by atoms with Crippen molar-refractivity contribution in [1.29, 1.82) is 0 Å². The number of hydrogen-bond donors (Lipinski definition) is 1. The number of aldehydes is 1. The molecular formula is C11H19NO3. The lowest BCUT2D eigenvalue weighted by molar-refractivity contribution is -0.148. The number of hydrogen-bond acceptors (Lipinski definition) is 3. The van der Waals surface area contributed by atoms with E-state index in [0.29, 0.717) is 13.0 Å². The molecule has 0 aliphatic carbocycles. The SMILES string of the molecule is CC(C)(C)N1CCC(C=O)CC1C(=O)O. The fourth-order valence-electron chi connectivity index (χ4n) is 2.15. The third kappa shape index (κ3) is 2.78. The van der Waals surface area contributed by atoms with Crippen molar-refractivity contribution >= 4 is 12.3 Å². The zero-order chi connectivity index (χ0) is 11.6.